The number of aryl methyl sites for hydroxylation is 2. The number of carbonyl (C=O) groups excluding carboxylic acids is 2. The maximum Gasteiger partial charge on any atom is 0.393 e. The summed E-state index contributed by atoms with van der Waals surface area (Å²) in [6.45, 7) is 11.8. The molecule has 476 valence electrons. The van der Waals surface area contributed by atoms with Gasteiger partial charge in [-0.05, 0) is 117 Å². The molecule has 0 bridgehead atoms. The number of hydrogen-bond acceptors (Lipinski definition) is 16. The number of halogens is 6. The standard InChI is InChI=1S/C31H35F3N8O3S2.C31H34F3N7OS/c1-20-21(3-4-27-25(20)13-23(16-35)42(27)18-28(43)40-9-11-41(12-10-40)47(2,44)45)17-39-7-5-22(6-8-39)38-29-26-14-24(15-31(32,33)34)46-30(26)37-19-36-29;1-20-21(5-6-27-25(20)13-23(16-35)41(27)18-28(42)40-9-3-2-4-10-40)17-39-11-7-22(8-12-39)38-29-26-14-24(15-31(32,33)34)43-30(26)37-19-36-29/h3-4,13-14,19,22H,5-12,15,17-18H2,1-2H3,(H,36,37,38);5-6,13-14,19,22H,2-4,7-12,15,17-18H2,1H3,(H,36,37,38). The Labute approximate surface area is 524 Å². The molecule has 28 heteroatoms. The van der Waals surface area contributed by atoms with E-state index in [-0.39, 0.29) is 59.8 Å². The molecule has 19 nitrogen and oxygen atoms in total. The van der Waals surface area contributed by atoms with Crippen LogP contribution < -0.4 is 10.6 Å². The molecule has 8 aromatic rings. The fraction of sp³-hybridized carbons (Fsp3) is 0.484. The van der Waals surface area contributed by atoms with Crippen LogP contribution in [0.25, 0.3) is 42.2 Å². The van der Waals surface area contributed by atoms with Crippen molar-refractivity contribution in [2.24, 2.45) is 0 Å². The van der Waals surface area contributed by atoms with Crippen LogP contribution in [0.5, 0.6) is 0 Å². The Hall–Kier alpha value is -7.47. The molecule has 0 aliphatic carbocycles. The van der Waals surface area contributed by atoms with Gasteiger partial charge in [-0.25, -0.2) is 28.4 Å². The number of hydrogen-bond donors (Lipinski definition) is 2. The summed E-state index contributed by atoms with van der Waals surface area (Å²) in [5.74, 6) is 1.06. The normalized spacial score (nSPS) is 17.2. The van der Waals surface area contributed by atoms with Crippen LogP contribution in [0.4, 0.5) is 38.0 Å². The molecule has 0 saturated carbocycles. The van der Waals surface area contributed by atoms with Crippen molar-refractivity contribution in [3.8, 4) is 12.1 Å². The van der Waals surface area contributed by atoms with Gasteiger partial charge in [0.15, 0.2) is 0 Å². The van der Waals surface area contributed by atoms with Crippen molar-refractivity contribution in [1.29, 1.82) is 10.5 Å². The van der Waals surface area contributed by atoms with E-state index in [0.29, 0.717) is 63.1 Å². The van der Waals surface area contributed by atoms with Crippen molar-refractivity contribution in [3.63, 3.8) is 0 Å². The van der Waals surface area contributed by atoms with Gasteiger partial charge >= 0.3 is 12.4 Å². The number of alkyl halides is 6. The van der Waals surface area contributed by atoms with E-state index in [2.05, 4.69) is 65.5 Å². The van der Waals surface area contributed by atoms with E-state index in [1.807, 2.05) is 46.7 Å². The zero-order chi connectivity index (χ0) is 63.6. The largest absolute Gasteiger partial charge is 0.393 e. The molecule has 0 atom stereocenters. The number of sulfonamides is 1. The van der Waals surface area contributed by atoms with Gasteiger partial charge in [-0.3, -0.25) is 19.4 Å². The number of thiophene rings is 2. The summed E-state index contributed by atoms with van der Waals surface area (Å²) in [6.07, 6.45) is 0.116. The minimum Gasteiger partial charge on any atom is -0.367 e. The molecule has 2 aromatic carbocycles. The van der Waals surface area contributed by atoms with Gasteiger partial charge in [0.1, 0.15) is 70.6 Å². The fourth-order valence-electron chi connectivity index (χ4n) is 12.7. The average Bonchev–Trinajstić information content (AvgIpc) is 1.73. The van der Waals surface area contributed by atoms with Crippen LogP contribution in [0.3, 0.4) is 0 Å². The molecule has 4 aliphatic rings. The van der Waals surface area contributed by atoms with E-state index in [9.17, 15) is 54.9 Å². The summed E-state index contributed by atoms with van der Waals surface area (Å²) in [4.78, 5) is 53.0. The first-order chi connectivity index (χ1) is 43.0. The first-order valence-electron chi connectivity index (χ1n) is 30.1. The van der Waals surface area contributed by atoms with Crippen molar-refractivity contribution >= 4 is 98.4 Å². The molecule has 6 aromatic heterocycles. The lowest BCUT2D eigenvalue weighted by Gasteiger charge is -2.33. The molecular weight excluding hydrogens is 1230 g/mol. The van der Waals surface area contributed by atoms with E-state index in [1.165, 1.54) is 34.8 Å². The lowest BCUT2D eigenvalue weighted by molar-refractivity contribution is -0.133. The fourth-order valence-corrected chi connectivity index (χ4v) is 15.6. The quantitative estimate of drug-likeness (QED) is 0.0913. The Morgan fingerprint density at radius 3 is 1.38 bits per heavy atom. The van der Waals surface area contributed by atoms with Gasteiger partial charge in [-0.15, -0.1) is 22.7 Å². The predicted octanol–water partition coefficient (Wildman–Crippen LogP) is 10.1. The molecule has 0 unspecified atom stereocenters. The molecule has 0 radical (unpaired) electrons. The van der Waals surface area contributed by atoms with Crippen LogP contribution in [-0.2, 0) is 58.6 Å². The van der Waals surface area contributed by atoms with Gasteiger partial charge in [0, 0.05) is 122 Å². The van der Waals surface area contributed by atoms with E-state index in [4.69, 9.17) is 0 Å². The number of aromatic nitrogens is 6. The van der Waals surface area contributed by atoms with Gasteiger partial charge in [0.05, 0.1) is 29.9 Å². The average molecular weight is 1300 g/mol. The summed E-state index contributed by atoms with van der Waals surface area (Å²) < 4.78 is 106. The van der Waals surface area contributed by atoms with Crippen molar-refractivity contribution in [3.05, 3.63) is 105 Å². The molecular formula is C62H69F6N15O4S3. The number of benzene rings is 2. The van der Waals surface area contributed by atoms with Crippen LogP contribution in [0.2, 0.25) is 0 Å². The van der Waals surface area contributed by atoms with Gasteiger partial charge in [0.2, 0.25) is 21.8 Å². The van der Waals surface area contributed by atoms with Gasteiger partial charge in [-0.1, -0.05) is 12.1 Å². The number of nitriles is 2. The summed E-state index contributed by atoms with van der Waals surface area (Å²) in [5, 5.41) is 29.8. The van der Waals surface area contributed by atoms with Crippen LogP contribution in [0, 0.1) is 36.5 Å². The molecule has 12 rings (SSSR count). The molecule has 4 aliphatic heterocycles. The third kappa shape index (κ3) is 15.0. The Morgan fingerprint density at radius 2 is 0.989 bits per heavy atom. The Balaban J connectivity index is 0.000000186. The molecule has 4 saturated heterocycles. The number of fused-ring (bicyclic) bond motifs is 4. The molecule has 0 spiro atoms. The van der Waals surface area contributed by atoms with E-state index < -0.39 is 35.2 Å². The number of anilines is 2. The topological polar surface area (TPSA) is 218 Å². The number of amides is 2. The molecule has 2 N–H and O–H groups in total. The van der Waals surface area contributed by atoms with Crippen molar-refractivity contribution in [2.75, 3.05) is 82.3 Å². The van der Waals surface area contributed by atoms with Crippen molar-refractivity contribution < 1.29 is 44.3 Å². The minimum atomic E-state index is -4.28. The summed E-state index contributed by atoms with van der Waals surface area (Å²) >= 11 is 2.10. The summed E-state index contributed by atoms with van der Waals surface area (Å²) in [7, 11) is -3.30. The Kier molecular flexibility index (Phi) is 19.1. The van der Waals surface area contributed by atoms with Gasteiger partial charge < -0.3 is 29.6 Å². The third-order valence-corrected chi connectivity index (χ3v) is 21.1. The third-order valence-electron chi connectivity index (χ3n) is 17.7. The number of likely N-dealkylation sites (tertiary alicyclic amines) is 3. The highest BCUT2D eigenvalue weighted by molar-refractivity contribution is 7.88. The lowest BCUT2D eigenvalue weighted by Crippen LogP contribution is -2.51. The van der Waals surface area contributed by atoms with Gasteiger partial charge in [-0.2, -0.15) is 41.2 Å². The monoisotopic (exact) mass is 1300 g/mol. The number of nitrogens with zero attached hydrogens (tertiary/aromatic N) is 13. The van der Waals surface area contributed by atoms with Crippen LogP contribution in [-0.4, -0.2) is 169 Å². The second-order valence-corrected chi connectivity index (χ2v) is 28.0. The number of rotatable bonds is 15. The highest BCUT2D eigenvalue weighted by atomic mass is 32.2. The van der Waals surface area contributed by atoms with Crippen LogP contribution in [0.1, 0.15) is 88.3 Å². The second-order valence-electron chi connectivity index (χ2n) is 23.8. The molecule has 2 amide bonds. The maximum atomic E-state index is 13.2. The first-order valence-corrected chi connectivity index (χ1v) is 33.6. The number of piperazine rings is 1. The zero-order valence-corrected chi connectivity index (χ0v) is 52.6. The summed E-state index contributed by atoms with van der Waals surface area (Å²) in [5.41, 5.74) is 7.09. The zero-order valence-electron chi connectivity index (χ0n) is 50.1. The lowest BCUT2D eigenvalue weighted by atomic mass is 10.0. The van der Waals surface area contributed by atoms with Crippen molar-refractivity contribution in [1.82, 2.24) is 53.0 Å². The molecule has 4 fully saturated rings. The number of carbonyl (C=O) groups is 2. The minimum absolute atomic E-state index is 0.00176. The molecule has 90 heavy (non-hydrogen) atoms. The van der Waals surface area contributed by atoms with Gasteiger partial charge in [0.25, 0.3) is 0 Å². The summed E-state index contributed by atoms with van der Waals surface area (Å²) in [6, 6.07) is 19.7. The first kappa shape index (κ1) is 64.1. The number of piperidine rings is 3. The maximum absolute atomic E-state index is 13.2. The highest BCUT2D eigenvalue weighted by Crippen LogP contribution is 2.36. The Bertz CT molecular complexity index is 4160. The van der Waals surface area contributed by atoms with Crippen LogP contribution in [0.15, 0.2) is 61.2 Å². The molecule has 10 heterocycles. The highest BCUT2D eigenvalue weighted by Gasteiger charge is 2.33. The van der Waals surface area contributed by atoms with E-state index >= 15 is 0 Å². The predicted molar refractivity (Wildman–Crippen MR) is 334 cm³/mol. The number of nitrogens with one attached hydrogen (secondary N) is 2. The van der Waals surface area contributed by atoms with E-state index in [1.54, 1.807) is 15.5 Å². The Morgan fingerprint density at radius 1 is 0.578 bits per heavy atom. The van der Waals surface area contributed by atoms with Crippen LogP contribution >= 0.6 is 22.7 Å². The van der Waals surface area contributed by atoms with Crippen molar-refractivity contribution in [2.45, 2.75) is 122 Å². The second kappa shape index (κ2) is 26.8. The van der Waals surface area contributed by atoms with E-state index in [0.717, 1.165) is 152 Å². The smallest absolute Gasteiger partial charge is 0.367 e. The SMILES string of the molecule is Cc1c(CN2CCC(Nc3ncnc4sc(CC(F)(F)F)cc34)CC2)ccc2c1cc(C#N)n2CC(=O)N1CCCCC1.Cc1c(CN2CCC(Nc3ncnc4sc(CC(F)(F)F)cc34)CC2)ccc2c1cc(C#N)n2CC(=O)N1CCN(S(C)(=O)=O)CC1.